The van der Waals surface area contributed by atoms with Gasteiger partial charge in [-0.25, -0.2) is 0 Å². The van der Waals surface area contributed by atoms with Gasteiger partial charge in [-0.2, -0.15) is 0 Å². The molecule has 2 fully saturated rings. The van der Waals surface area contributed by atoms with Crippen LogP contribution in [0.4, 0.5) is 0 Å². The lowest BCUT2D eigenvalue weighted by Gasteiger charge is -2.32. The van der Waals surface area contributed by atoms with Gasteiger partial charge in [0.2, 0.25) is 0 Å². The molecular weight excluding hydrogens is 222 g/mol. The molecular formula is C15H31N3. The van der Waals surface area contributed by atoms with Gasteiger partial charge in [-0.1, -0.05) is 6.92 Å². The molecule has 2 rings (SSSR count). The summed E-state index contributed by atoms with van der Waals surface area (Å²) < 4.78 is 0. The molecule has 106 valence electrons. The molecule has 0 aromatic carbocycles. The van der Waals surface area contributed by atoms with Crippen molar-refractivity contribution in [2.24, 2.45) is 0 Å². The van der Waals surface area contributed by atoms with Gasteiger partial charge in [0.25, 0.3) is 0 Å². The molecule has 0 aliphatic carbocycles. The SMILES string of the molecule is CCNC(C)CC(C)N1CCCN2CCCC2C1. The Hall–Kier alpha value is -0.120. The Morgan fingerprint density at radius 2 is 1.94 bits per heavy atom. The van der Waals surface area contributed by atoms with Gasteiger partial charge in [0, 0.05) is 24.7 Å². The molecule has 0 spiro atoms. The van der Waals surface area contributed by atoms with Gasteiger partial charge in [-0.05, 0) is 65.7 Å². The quantitative estimate of drug-likeness (QED) is 0.808. The molecule has 2 aliphatic rings. The van der Waals surface area contributed by atoms with E-state index in [4.69, 9.17) is 0 Å². The van der Waals surface area contributed by atoms with Crippen LogP contribution in [0, 0.1) is 0 Å². The fourth-order valence-corrected chi connectivity index (χ4v) is 3.73. The molecule has 3 nitrogen and oxygen atoms in total. The van der Waals surface area contributed by atoms with Crippen molar-refractivity contribution in [1.29, 1.82) is 0 Å². The minimum absolute atomic E-state index is 0.646. The molecule has 0 saturated carbocycles. The summed E-state index contributed by atoms with van der Waals surface area (Å²) in [5, 5.41) is 3.54. The average molecular weight is 253 g/mol. The summed E-state index contributed by atoms with van der Waals surface area (Å²) in [4.78, 5) is 5.46. The smallest absolute Gasteiger partial charge is 0.0223 e. The van der Waals surface area contributed by atoms with Crippen molar-refractivity contribution in [3.63, 3.8) is 0 Å². The molecule has 18 heavy (non-hydrogen) atoms. The Bertz CT molecular complexity index is 244. The Labute approximate surface area is 113 Å². The second-order valence-corrected chi connectivity index (χ2v) is 6.22. The van der Waals surface area contributed by atoms with E-state index >= 15 is 0 Å². The first-order valence-corrected chi connectivity index (χ1v) is 7.92. The van der Waals surface area contributed by atoms with Crippen LogP contribution in [0.15, 0.2) is 0 Å². The number of rotatable bonds is 5. The molecule has 0 aromatic rings. The zero-order chi connectivity index (χ0) is 13.0. The summed E-state index contributed by atoms with van der Waals surface area (Å²) in [7, 11) is 0. The minimum atomic E-state index is 0.646. The minimum Gasteiger partial charge on any atom is -0.314 e. The lowest BCUT2D eigenvalue weighted by Crippen LogP contribution is -2.43. The Morgan fingerprint density at radius 3 is 2.72 bits per heavy atom. The first-order chi connectivity index (χ1) is 8.70. The first-order valence-electron chi connectivity index (χ1n) is 7.92. The van der Waals surface area contributed by atoms with Gasteiger partial charge >= 0.3 is 0 Å². The molecule has 2 saturated heterocycles. The van der Waals surface area contributed by atoms with Crippen molar-refractivity contribution in [3.8, 4) is 0 Å². The summed E-state index contributed by atoms with van der Waals surface area (Å²) in [5.74, 6) is 0. The Balaban J connectivity index is 1.83. The molecule has 2 heterocycles. The number of nitrogens with zero attached hydrogens (tertiary/aromatic N) is 2. The van der Waals surface area contributed by atoms with E-state index in [2.05, 4.69) is 35.9 Å². The van der Waals surface area contributed by atoms with Gasteiger partial charge in [0.15, 0.2) is 0 Å². The van der Waals surface area contributed by atoms with Crippen LogP contribution in [-0.4, -0.2) is 60.6 Å². The van der Waals surface area contributed by atoms with Crippen LogP contribution in [0.5, 0.6) is 0 Å². The van der Waals surface area contributed by atoms with Crippen molar-refractivity contribution >= 4 is 0 Å². The van der Waals surface area contributed by atoms with Crippen molar-refractivity contribution < 1.29 is 0 Å². The Morgan fingerprint density at radius 1 is 1.17 bits per heavy atom. The zero-order valence-corrected chi connectivity index (χ0v) is 12.5. The van der Waals surface area contributed by atoms with Crippen molar-refractivity contribution in [2.45, 2.75) is 64.6 Å². The van der Waals surface area contributed by atoms with E-state index in [9.17, 15) is 0 Å². The predicted octanol–water partition coefficient (Wildman–Crippen LogP) is 1.93. The van der Waals surface area contributed by atoms with Crippen molar-refractivity contribution in [1.82, 2.24) is 15.1 Å². The molecule has 0 radical (unpaired) electrons. The van der Waals surface area contributed by atoms with Gasteiger partial charge in [0.1, 0.15) is 0 Å². The molecule has 1 N–H and O–H groups in total. The molecule has 0 bridgehead atoms. The maximum atomic E-state index is 3.54. The summed E-state index contributed by atoms with van der Waals surface area (Å²) in [6.07, 6.45) is 5.48. The van der Waals surface area contributed by atoms with Gasteiger partial charge < -0.3 is 5.32 Å². The van der Waals surface area contributed by atoms with Crippen LogP contribution < -0.4 is 5.32 Å². The van der Waals surface area contributed by atoms with Gasteiger partial charge in [-0.15, -0.1) is 0 Å². The number of hydrogen-bond donors (Lipinski definition) is 1. The van der Waals surface area contributed by atoms with Crippen LogP contribution in [-0.2, 0) is 0 Å². The maximum absolute atomic E-state index is 3.54. The molecule has 3 atom stereocenters. The zero-order valence-electron chi connectivity index (χ0n) is 12.5. The van der Waals surface area contributed by atoms with E-state index in [0.717, 1.165) is 18.6 Å². The normalized spacial score (nSPS) is 29.8. The highest BCUT2D eigenvalue weighted by atomic mass is 15.3. The fraction of sp³-hybridized carbons (Fsp3) is 1.00. The van der Waals surface area contributed by atoms with Crippen LogP contribution >= 0.6 is 0 Å². The van der Waals surface area contributed by atoms with E-state index in [1.165, 1.54) is 51.9 Å². The van der Waals surface area contributed by atoms with Crippen LogP contribution in [0.1, 0.15) is 46.5 Å². The highest BCUT2D eigenvalue weighted by Crippen LogP contribution is 2.23. The van der Waals surface area contributed by atoms with E-state index < -0.39 is 0 Å². The molecule has 0 amide bonds. The maximum Gasteiger partial charge on any atom is 0.0223 e. The third-order valence-electron chi connectivity index (χ3n) is 4.71. The average Bonchev–Trinajstić information content (AvgIpc) is 2.66. The fourth-order valence-electron chi connectivity index (χ4n) is 3.73. The second-order valence-electron chi connectivity index (χ2n) is 6.22. The lowest BCUT2D eigenvalue weighted by molar-refractivity contribution is 0.167. The van der Waals surface area contributed by atoms with E-state index in [-0.39, 0.29) is 0 Å². The Kier molecular flexibility index (Phi) is 5.46. The summed E-state index contributed by atoms with van der Waals surface area (Å²) in [5.41, 5.74) is 0. The predicted molar refractivity (Wildman–Crippen MR) is 78.0 cm³/mol. The summed E-state index contributed by atoms with van der Waals surface area (Å²) in [6, 6.07) is 2.22. The number of hydrogen-bond acceptors (Lipinski definition) is 3. The van der Waals surface area contributed by atoms with E-state index in [1.54, 1.807) is 0 Å². The topological polar surface area (TPSA) is 18.5 Å². The van der Waals surface area contributed by atoms with Crippen LogP contribution in [0.25, 0.3) is 0 Å². The standard InChI is InChI=1S/C15H31N3/c1-4-16-13(2)11-14(3)18-10-6-9-17-8-5-7-15(17)12-18/h13-16H,4-12H2,1-3H3. The molecule has 2 aliphatic heterocycles. The van der Waals surface area contributed by atoms with Gasteiger partial charge in [0.05, 0.1) is 0 Å². The van der Waals surface area contributed by atoms with E-state index in [0.29, 0.717) is 6.04 Å². The lowest BCUT2D eigenvalue weighted by atomic mass is 10.1. The van der Waals surface area contributed by atoms with E-state index in [1.807, 2.05) is 0 Å². The first kappa shape index (κ1) is 14.3. The largest absolute Gasteiger partial charge is 0.314 e. The monoisotopic (exact) mass is 253 g/mol. The summed E-state index contributed by atoms with van der Waals surface area (Å²) >= 11 is 0. The molecule has 0 aromatic heterocycles. The molecule has 3 unspecified atom stereocenters. The third kappa shape index (κ3) is 3.69. The third-order valence-corrected chi connectivity index (χ3v) is 4.71. The highest BCUT2D eigenvalue weighted by molar-refractivity contribution is 4.87. The highest BCUT2D eigenvalue weighted by Gasteiger charge is 2.30. The second kappa shape index (κ2) is 6.88. The van der Waals surface area contributed by atoms with Gasteiger partial charge in [-0.3, -0.25) is 9.80 Å². The summed E-state index contributed by atoms with van der Waals surface area (Å²) in [6.45, 7) is 13.3. The molecule has 3 heteroatoms. The van der Waals surface area contributed by atoms with Crippen LogP contribution in [0.3, 0.4) is 0 Å². The number of nitrogens with one attached hydrogen (secondary N) is 1. The van der Waals surface area contributed by atoms with Crippen LogP contribution in [0.2, 0.25) is 0 Å². The number of fused-ring (bicyclic) bond motifs is 1. The van der Waals surface area contributed by atoms with Crippen molar-refractivity contribution in [3.05, 3.63) is 0 Å². The van der Waals surface area contributed by atoms with Crippen molar-refractivity contribution in [2.75, 3.05) is 32.7 Å².